The van der Waals surface area contributed by atoms with Gasteiger partial charge in [0, 0.05) is 44.0 Å². The molecule has 0 spiro atoms. The highest BCUT2D eigenvalue weighted by atomic mass is 32.1. The number of hydrogen-bond acceptors (Lipinski definition) is 6. The molecule has 1 N–H and O–H groups in total. The van der Waals surface area contributed by atoms with Crippen LogP contribution in [-0.2, 0) is 4.79 Å². The fraction of sp³-hybridized carbons (Fsp3) is 0.357. The lowest BCUT2D eigenvalue weighted by atomic mass is 10.3. The van der Waals surface area contributed by atoms with E-state index >= 15 is 0 Å². The second kappa shape index (κ2) is 6.53. The molecule has 1 fully saturated rings. The Morgan fingerprint density at radius 3 is 2.71 bits per heavy atom. The van der Waals surface area contributed by atoms with Crippen molar-refractivity contribution in [3.63, 3.8) is 0 Å². The smallest absolute Gasteiger partial charge is 0.242 e. The predicted molar refractivity (Wildman–Crippen MR) is 83.6 cm³/mol. The van der Waals surface area contributed by atoms with E-state index in [4.69, 9.17) is 0 Å². The lowest BCUT2D eigenvalue weighted by molar-refractivity contribution is -0.129. The van der Waals surface area contributed by atoms with Gasteiger partial charge in [0.15, 0.2) is 5.13 Å². The molecule has 0 bridgehead atoms. The maximum Gasteiger partial charge on any atom is 0.242 e. The van der Waals surface area contributed by atoms with Crippen LogP contribution in [0.25, 0.3) is 0 Å². The van der Waals surface area contributed by atoms with E-state index in [9.17, 15) is 4.79 Å². The van der Waals surface area contributed by atoms with Gasteiger partial charge in [-0.2, -0.15) is 0 Å². The van der Waals surface area contributed by atoms with E-state index in [1.807, 2.05) is 28.5 Å². The highest BCUT2D eigenvalue weighted by Crippen LogP contribution is 2.13. The van der Waals surface area contributed by atoms with Crippen molar-refractivity contribution in [1.29, 1.82) is 0 Å². The van der Waals surface area contributed by atoms with Gasteiger partial charge >= 0.3 is 0 Å². The van der Waals surface area contributed by atoms with Gasteiger partial charge < -0.3 is 15.1 Å². The standard InChI is InChI=1S/C14H17N5OS/c20-13(11-17-14-16-5-10-21-14)19-8-6-18(7-9-19)12-3-1-2-4-15-12/h1-5,10H,6-9,11H2,(H,16,17). The number of nitrogens with zero attached hydrogens (tertiary/aromatic N) is 4. The Morgan fingerprint density at radius 1 is 1.19 bits per heavy atom. The lowest BCUT2D eigenvalue weighted by Crippen LogP contribution is -2.50. The van der Waals surface area contributed by atoms with Crippen molar-refractivity contribution in [3.05, 3.63) is 36.0 Å². The van der Waals surface area contributed by atoms with Crippen molar-refractivity contribution in [1.82, 2.24) is 14.9 Å². The van der Waals surface area contributed by atoms with Gasteiger partial charge in [-0.25, -0.2) is 9.97 Å². The minimum Gasteiger partial charge on any atom is -0.353 e. The molecule has 21 heavy (non-hydrogen) atoms. The third kappa shape index (κ3) is 3.49. The van der Waals surface area contributed by atoms with Gasteiger partial charge in [0.25, 0.3) is 0 Å². The Bertz CT molecular complexity index is 566. The molecule has 0 aromatic carbocycles. The first-order valence-corrected chi connectivity index (χ1v) is 7.78. The largest absolute Gasteiger partial charge is 0.353 e. The monoisotopic (exact) mass is 303 g/mol. The zero-order valence-electron chi connectivity index (χ0n) is 11.6. The van der Waals surface area contributed by atoms with Crippen LogP contribution in [0.5, 0.6) is 0 Å². The summed E-state index contributed by atoms with van der Waals surface area (Å²) in [4.78, 5) is 24.7. The van der Waals surface area contributed by atoms with Crippen molar-refractivity contribution < 1.29 is 4.79 Å². The molecular weight excluding hydrogens is 286 g/mol. The second-order valence-corrected chi connectivity index (χ2v) is 5.64. The van der Waals surface area contributed by atoms with E-state index < -0.39 is 0 Å². The quantitative estimate of drug-likeness (QED) is 0.922. The number of aromatic nitrogens is 2. The summed E-state index contributed by atoms with van der Waals surface area (Å²) in [5.41, 5.74) is 0. The minimum absolute atomic E-state index is 0.117. The molecule has 1 amide bonds. The lowest BCUT2D eigenvalue weighted by Gasteiger charge is -2.35. The Hall–Kier alpha value is -2.15. The average molecular weight is 303 g/mol. The topological polar surface area (TPSA) is 61.4 Å². The highest BCUT2D eigenvalue weighted by Gasteiger charge is 2.21. The Labute approximate surface area is 127 Å². The molecule has 1 saturated heterocycles. The first-order chi connectivity index (χ1) is 10.3. The van der Waals surface area contributed by atoms with Gasteiger partial charge in [-0.1, -0.05) is 6.07 Å². The maximum atomic E-state index is 12.1. The summed E-state index contributed by atoms with van der Waals surface area (Å²) in [6.07, 6.45) is 3.52. The van der Waals surface area contributed by atoms with Crippen LogP contribution >= 0.6 is 11.3 Å². The van der Waals surface area contributed by atoms with Gasteiger partial charge in [-0.15, -0.1) is 11.3 Å². The second-order valence-electron chi connectivity index (χ2n) is 4.75. The van der Waals surface area contributed by atoms with Crippen LogP contribution in [0.1, 0.15) is 0 Å². The number of hydrogen-bond donors (Lipinski definition) is 1. The van der Waals surface area contributed by atoms with Gasteiger partial charge in [0.05, 0.1) is 6.54 Å². The summed E-state index contributed by atoms with van der Waals surface area (Å²) >= 11 is 1.50. The molecule has 0 aliphatic carbocycles. The van der Waals surface area contributed by atoms with Gasteiger partial charge in [-0.3, -0.25) is 4.79 Å². The van der Waals surface area contributed by atoms with Crippen molar-refractivity contribution in [2.75, 3.05) is 42.9 Å². The molecule has 0 atom stereocenters. The summed E-state index contributed by atoms with van der Waals surface area (Å²) in [6, 6.07) is 5.90. The Morgan fingerprint density at radius 2 is 2.05 bits per heavy atom. The molecule has 7 heteroatoms. The van der Waals surface area contributed by atoms with E-state index in [0.717, 1.165) is 37.1 Å². The number of thiazole rings is 1. The summed E-state index contributed by atoms with van der Waals surface area (Å²) in [7, 11) is 0. The summed E-state index contributed by atoms with van der Waals surface area (Å²) in [5.74, 6) is 1.09. The molecular formula is C14H17N5OS. The fourth-order valence-corrected chi connectivity index (χ4v) is 2.83. The average Bonchev–Trinajstić information content (AvgIpc) is 3.07. The van der Waals surface area contributed by atoms with E-state index in [-0.39, 0.29) is 5.91 Å². The van der Waals surface area contributed by atoms with E-state index in [2.05, 4.69) is 20.2 Å². The van der Waals surface area contributed by atoms with Crippen LogP contribution in [0.15, 0.2) is 36.0 Å². The molecule has 2 aromatic rings. The molecule has 0 unspecified atom stereocenters. The molecule has 1 aliphatic heterocycles. The third-order valence-corrected chi connectivity index (χ3v) is 4.16. The number of pyridine rings is 1. The number of carbonyl (C=O) groups is 1. The molecule has 3 heterocycles. The van der Waals surface area contributed by atoms with Gasteiger partial charge in [0.2, 0.25) is 5.91 Å². The fourth-order valence-electron chi connectivity index (χ4n) is 2.30. The van der Waals surface area contributed by atoms with Gasteiger partial charge in [-0.05, 0) is 12.1 Å². The van der Waals surface area contributed by atoms with Crippen molar-refractivity contribution >= 4 is 28.2 Å². The van der Waals surface area contributed by atoms with Crippen LogP contribution < -0.4 is 10.2 Å². The first-order valence-electron chi connectivity index (χ1n) is 6.90. The van der Waals surface area contributed by atoms with Crippen LogP contribution in [-0.4, -0.2) is 53.5 Å². The van der Waals surface area contributed by atoms with Crippen LogP contribution in [0.2, 0.25) is 0 Å². The molecule has 3 rings (SSSR count). The minimum atomic E-state index is 0.117. The molecule has 0 radical (unpaired) electrons. The Balaban J connectivity index is 1.48. The van der Waals surface area contributed by atoms with Gasteiger partial charge in [0.1, 0.15) is 5.82 Å². The number of piperazine rings is 1. The van der Waals surface area contributed by atoms with Crippen molar-refractivity contribution in [3.8, 4) is 0 Å². The molecule has 0 saturated carbocycles. The zero-order chi connectivity index (χ0) is 14.5. The SMILES string of the molecule is O=C(CNc1nccs1)N1CCN(c2ccccn2)CC1. The van der Waals surface area contributed by atoms with E-state index in [1.54, 1.807) is 12.4 Å². The van der Waals surface area contributed by atoms with Crippen molar-refractivity contribution in [2.24, 2.45) is 0 Å². The van der Waals surface area contributed by atoms with E-state index in [1.165, 1.54) is 11.3 Å². The number of carbonyl (C=O) groups excluding carboxylic acids is 1. The van der Waals surface area contributed by atoms with Crippen LogP contribution in [0, 0.1) is 0 Å². The maximum absolute atomic E-state index is 12.1. The zero-order valence-corrected chi connectivity index (χ0v) is 12.4. The Kier molecular flexibility index (Phi) is 4.30. The van der Waals surface area contributed by atoms with Crippen LogP contribution in [0.3, 0.4) is 0 Å². The molecule has 2 aromatic heterocycles. The number of rotatable bonds is 4. The highest BCUT2D eigenvalue weighted by molar-refractivity contribution is 7.13. The summed E-state index contributed by atoms with van der Waals surface area (Å²) in [5, 5.41) is 5.73. The molecule has 6 nitrogen and oxygen atoms in total. The number of anilines is 2. The number of amides is 1. The summed E-state index contributed by atoms with van der Waals surface area (Å²) in [6.45, 7) is 3.40. The van der Waals surface area contributed by atoms with E-state index in [0.29, 0.717) is 6.54 Å². The predicted octanol–water partition coefficient (Wildman–Crippen LogP) is 1.30. The summed E-state index contributed by atoms with van der Waals surface area (Å²) < 4.78 is 0. The molecule has 1 aliphatic rings. The van der Waals surface area contributed by atoms with Crippen LogP contribution in [0.4, 0.5) is 10.9 Å². The first kappa shape index (κ1) is 13.8. The molecule has 110 valence electrons. The van der Waals surface area contributed by atoms with Crippen molar-refractivity contribution in [2.45, 2.75) is 0 Å². The normalized spacial score (nSPS) is 15.0. The third-order valence-electron chi connectivity index (χ3n) is 3.43. The number of nitrogens with one attached hydrogen (secondary N) is 1.